The van der Waals surface area contributed by atoms with Gasteiger partial charge in [-0.25, -0.2) is 0 Å². The van der Waals surface area contributed by atoms with E-state index in [-0.39, 0.29) is 11.8 Å². The second-order valence-electron chi connectivity index (χ2n) is 6.98. The van der Waals surface area contributed by atoms with Crippen LogP contribution in [-0.2, 0) is 4.79 Å². The molecule has 128 valence electrons. The lowest BCUT2D eigenvalue weighted by Gasteiger charge is -2.35. The molecule has 0 spiro atoms. The summed E-state index contributed by atoms with van der Waals surface area (Å²) < 4.78 is 0. The van der Waals surface area contributed by atoms with Crippen molar-refractivity contribution in [2.45, 2.75) is 25.3 Å². The summed E-state index contributed by atoms with van der Waals surface area (Å²) in [4.78, 5) is 12.9. The van der Waals surface area contributed by atoms with Crippen molar-refractivity contribution in [1.82, 2.24) is 0 Å². The Morgan fingerprint density at radius 1 is 0.923 bits per heavy atom. The standard InChI is InChI=1S/C23H18ClNO/c24-18-10-4-3-8-16(18)23-22-17(9-5-11-20(22)26)21-15-7-2-1-6-14(15)12-13-19(21)25-23/h1-4,6-8,10,12-13,23,25H,5,9,11H2/t23-/m1/s1. The van der Waals surface area contributed by atoms with Crippen molar-refractivity contribution in [3.05, 3.63) is 82.4 Å². The van der Waals surface area contributed by atoms with E-state index in [0.717, 1.165) is 29.7 Å². The number of carbonyl (C=O) groups is 1. The summed E-state index contributed by atoms with van der Waals surface area (Å²) in [6, 6.07) is 20.3. The van der Waals surface area contributed by atoms with Gasteiger partial charge in [-0.1, -0.05) is 60.1 Å². The SMILES string of the molecule is O=C1CCCC2=C1[C@@H](c1ccccc1Cl)Nc1ccc3ccccc3c12. The minimum absolute atomic E-state index is 0.180. The Bertz CT molecular complexity index is 1080. The second kappa shape index (κ2) is 6.00. The number of benzene rings is 3. The Morgan fingerprint density at radius 3 is 2.62 bits per heavy atom. The van der Waals surface area contributed by atoms with Crippen LogP contribution in [0.5, 0.6) is 0 Å². The predicted molar refractivity (Wildman–Crippen MR) is 108 cm³/mol. The van der Waals surface area contributed by atoms with Gasteiger partial charge < -0.3 is 5.32 Å². The molecule has 2 aliphatic rings. The average Bonchev–Trinajstić information content (AvgIpc) is 2.67. The van der Waals surface area contributed by atoms with E-state index in [1.165, 1.54) is 21.9 Å². The summed E-state index contributed by atoms with van der Waals surface area (Å²) in [6.07, 6.45) is 2.46. The van der Waals surface area contributed by atoms with E-state index < -0.39 is 0 Å². The van der Waals surface area contributed by atoms with Gasteiger partial charge in [-0.05, 0) is 46.9 Å². The maximum atomic E-state index is 12.9. The summed E-state index contributed by atoms with van der Waals surface area (Å²) in [5.74, 6) is 0.238. The van der Waals surface area contributed by atoms with Crippen LogP contribution in [0.1, 0.15) is 36.4 Å². The molecule has 26 heavy (non-hydrogen) atoms. The average molecular weight is 360 g/mol. The molecule has 3 aromatic rings. The van der Waals surface area contributed by atoms with Crippen LogP contribution in [0.4, 0.5) is 5.69 Å². The minimum Gasteiger partial charge on any atom is -0.373 e. The maximum absolute atomic E-state index is 12.9. The lowest BCUT2D eigenvalue weighted by atomic mass is 9.77. The summed E-state index contributed by atoms with van der Waals surface area (Å²) in [6.45, 7) is 0. The predicted octanol–water partition coefficient (Wildman–Crippen LogP) is 6.17. The highest BCUT2D eigenvalue weighted by atomic mass is 35.5. The summed E-state index contributed by atoms with van der Waals surface area (Å²) in [7, 11) is 0. The highest BCUT2D eigenvalue weighted by molar-refractivity contribution is 6.31. The normalized spacial score (nSPS) is 19.1. The molecule has 3 aromatic carbocycles. The van der Waals surface area contributed by atoms with E-state index in [1.54, 1.807) is 0 Å². The zero-order valence-corrected chi connectivity index (χ0v) is 15.0. The molecule has 0 amide bonds. The van der Waals surface area contributed by atoms with Crippen molar-refractivity contribution < 1.29 is 4.79 Å². The molecule has 0 radical (unpaired) electrons. The molecule has 2 nitrogen and oxygen atoms in total. The number of halogens is 1. The summed E-state index contributed by atoms with van der Waals surface area (Å²) in [5, 5.41) is 6.72. The smallest absolute Gasteiger partial charge is 0.161 e. The Kier molecular flexibility index (Phi) is 3.61. The first kappa shape index (κ1) is 15.7. The maximum Gasteiger partial charge on any atom is 0.161 e. The lowest BCUT2D eigenvalue weighted by molar-refractivity contribution is -0.116. The lowest BCUT2D eigenvalue weighted by Crippen LogP contribution is -2.27. The van der Waals surface area contributed by atoms with E-state index in [0.29, 0.717) is 11.4 Å². The first-order chi connectivity index (χ1) is 12.7. The van der Waals surface area contributed by atoms with Crippen LogP contribution in [0.15, 0.2) is 66.2 Å². The minimum atomic E-state index is -0.180. The molecule has 1 N–H and O–H groups in total. The van der Waals surface area contributed by atoms with Gasteiger partial charge in [0.1, 0.15) is 0 Å². The molecular weight excluding hydrogens is 342 g/mol. The Labute approximate surface area is 157 Å². The zero-order valence-electron chi connectivity index (χ0n) is 14.3. The van der Waals surface area contributed by atoms with Crippen LogP contribution < -0.4 is 5.32 Å². The van der Waals surface area contributed by atoms with Gasteiger partial charge in [0.2, 0.25) is 0 Å². The number of ketones is 1. The molecular formula is C23H18ClNO. The van der Waals surface area contributed by atoms with Gasteiger partial charge in [-0.2, -0.15) is 0 Å². The van der Waals surface area contributed by atoms with Crippen LogP contribution in [0.2, 0.25) is 5.02 Å². The molecule has 3 heteroatoms. The molecule has 0 fully saturated rings. The van der Waals surface area contributed by atoms with Gasteiger partial charge in [-0.3, -0.25) is 4.79 Å². The molecule has 5 rings (SSSR count). The fourth-order valence-electron chi connectivity index (χ4n) is 4.35. The van der Waals surface area contributed by atoms with Crippen LogP contribution in [0.25, 0.3) is 16.3 Å². The number of Topliss-reactive ketones (excluding diaryl/α,β-unsaturated/α-hetero) is 1. The van der Waals surface area contributed by atoms with Crippen molar-refractivity contribution in [2.24, 2.45) is 0 Å². The highest BCUT2D eigenvalue weighted by Gasteiger charge is 2.35. The van der Waals surface area contributed by atoms with Crippen molar-refractivity contribution >= 4 is 39.4 Å². The van der Waals surface area contributed by atoms with Crippen molar-refractivity contribution in [3.8, 4) is 0 Å². The zero-order chi connectivity index (χ0) is 17.7. The molecule has 0 saturated carbocycles. The monoisotopic (exact) mass is 359 g/mol. The van der Waals surface area contributed by atoms with Crippen molar-refractivity contribution in [2.75, 3.05) is 5.32 Å². The van der Waals surface area contributed by atoms with Gasteiger partial charge in [0.05, 0.1) is 6.04 Å². The van der Waals surface area contributed by atoms with E-state index >= 15 is 0 Å². The van der Waals surface area contributed by atoms with Gasteiger partial charge in [0, 0.05) is 28.3 Å². The van der Waals surface area contributed by atoms with Crippen LogP contribution in [-0.4, -0.2) is 5.78 Å². The quantitative estimate of drug-likeness (QED) is 0.563. The topological polar surface area (TPSA) is 29.1 Å². The van der Waals surface area contributed by atoms with E-state index in [4.69, 9.17) is 11.6 Å². The number of fused-ring (bicyclic) bond motifs is 4. The number of carbonyl (C=O) groups excluding carboxylic acids is 1. The molecule has 0 aromatic heterocycles. The van der Waals surface area contributed by atoms with Crippen LogP contribution in [0.3, 0.4) is 0 Å². The molecule has 0 saturated heterocycles. The van der Waals surface area contributed by atoms with E-state index in [2.05, 4.69) is 41.7 Å². The van der Waals surface area contributed by atoms with Crippen molar-refractivity contribution in [3.63, 3.8) is 0 Å². The van der Waals surface area contributed by atoms with E-state index in [1.807, 2.05) is 24.3 Å². The molecule has 0 unspecified atom stereocenters. The third-order valence-electron chi connectivity index (χ3n) is 5.49. The molecule has 1 heterocycles. The molecule has 1 aliphatic carbocycles. The number of hydrogen-bond acceptors (Lipinski definition) is 2. The fraction of sp³-hybridized carbons (Fsp3) is 0.174. The Hall–Kier alpha value is -2.58. The third-order valence-corrected chi connectivity index (χ3v) is 5.84. The van der Waals surface area contributed by atoms with Gasteiger partial charge in [0.15, 0.2) is 5.78 Å². The number of nitrogens with one attached hydrogen (secondary N) is 1. The Balaban J connectivity index is 1.81. The Morgan fingerprint density at radius 2 is 1.73 bits per heavy atom. The molecule has 1 aliphatic heterocycles. The number of hydrogen-bond donors (Lipinski definition) is 1. The largest absolute Gasteiger partial charge is 0.373 e. The molecule has 1 atom stereocenters. The van der Waals surface area contributed by atoms with Gasteiger partial charge in [0.25, 0.3) is 0 Å². The number of allylic oxidation sites excluding steroid dienone is 1. The second-order valence-corrected chi connectivity index (χ2v) is 7.38. The van der Waals surface area contributed by atoms with Gasteiger partial charge in [-0.15, -0.1) is 0 Å². The third kappa shape index (κ3) is 2.29. The van der Waals surface area contributed by atoms with Crippen molar-refractivity contribution in [1.29, 1.82) is 0 Å². The van der Waals surface area contributed by atoms with Crippen LogP contribution >= 0.6 is 11.6 Å². The first-order valence-electron chi connectivity index (χ1n) is 9.03. The fourth-order valence-corrected chi connectivity index (χ4v) is 4.59. The molecule has 0 bridgehead atoms. The first-order valence-corrected chi connectivity index (χ1v) is 9.41. The summed E-state index contributed by atoms with van der Waals surface area (Å²) in [5.41, 5.74) is 5.33. The number of rotatable bonds is 1. The van der Waals surface area contributed by atoms with Crippen LogP contribution in [0, 0.1) is 0 Å². The summed E-state index contributed by atoms with van der Waals surface area (Å²) >= 11 is 6.48. The highest BCUT2D eigenvalue weighted by Crippen LogP contribution is 2.48. The van der Waals surface area contributed by atoms with Gasteiger partial charge >= 0.3 is 0 Å². The van der Waals surface area contributed by atoms with E-state index in [9.17, 15) is 4.79 Å². The number of anilines is 1.